The molecular weight excluding hydrogens is 456 g/mol. The van der Waals surface area contributed by atoms with Gasteiger partial charge in [-0.1, -0.05) is 45.1 Å². The molecule has 36 heavy (non-hydrogen) atoms. The normalized spacial score (nSPS) is 37.8. The molecule has 204 valence electrons. The molecule has 0 amide bonds. The van der Waals surface area contributed by atoms with Gasteiger partial charge in [-0.3, -0.25) is 0 Å². The lowest BCUT2D eigenvalue weighted by Crippen LogP contribution is -2.68. The summed E-state index contributed by atoms with van der Waals surface area (Å²) in [4.78, 5) is 12.6. The molecule has 4 aliphatic carbocycles. The number of rotatable bonds is 18. The van der Waals surface area contributed by atoms with Crippen LogP contribution in [0.4, 0.5) is 0 Å². The van der Waals surface area contributed by atoms with E-state index in [0.717, 1.165) is 77.8 Å². The van der Waals surface area contributed by atoms with E-state index in [1.54, 1.807) is 6.92 Å². The van der Waals surface area contributed by atoms with Crippen LogP contribution in [0.3, 0.4) is 0 Å². The maximum Gasteiger partial charge on any atom is 0.333 e. The van der Waals surface area contributed by atoms with Gasteiger partial charge in [-0.15, -0.1) is 0 Å². The Hall–Kier alpha value is -0.950. The molecular formula is C30H48O6. The van der Waals surface area contributed by atoms with Gasteiger partial charge in [0.05, 0.1) is 36.6 Å². The van der Waals surface area contributed by atoms with Crippen molar-refractivity contribution < 1.29 is 28.5 Å². The molecule has 0 aromatic heterocycles. The fraction of sp³-hybridized carbons (Fsp3) is 0.900. The van der Waals surface area contributed by atoms with E-state index >= 15 is 0 Å². The van der Waals surface area contributed by atoms with E-state index < -0.39 is 5.60 Å². The van der Waals surface area contributed by atoms with Crippen LogP contribution in [0.5, 0.6) is 0 Å². The van der Waals surface area contributed by atoms with E-state index in [1.807, 2.05) is 0 Å². The van der Waals surface area contributed by atoms with Crippen LogP contribution in [0, 0.1) is 5.92 Å². The lowest BCUT2D eigenvalue weighted by Gasteiger charge is -2.64. The Morgan fingerprint density at radius 2 is 1.19 bits per heavy atom. The molecule has 6 aliphatic rings. The van der Waals surface area contributed by atoms with E-state index in [4.69, 9.17) is 23.7 Å². The Morgan fingerprint density at radius 1 is 0.750 bits per heavy atom. The summed E-state index contributed by atoms with van der Waals surface area (Å²) in [6, 6.07) is 0. The lowest BCUT2D eigenvalue weighted by molar-refractivity contribution is -0.283. The highest BCUT2D eigenvalue weighted by molar-refractivity contribution is 5.87. The Morgan fingerprint density at radius 3 is 1.67 bits per heavy atom. The van der Waals surface area contributed by atoms with E-state index in [9.17, 15) is 4.79 Å². The molecule has 2 saturated heterocycles. The van der Waals surface area contributed by atoms with E-state index in [1.165, 1.54) is 51.4 Å². The quantitative estimate of drug-likeness (QED) is 0.0979. The van der Waals surface area contributed by atoms with Crippen molar-refractivity contribution in [2.24, 2.45) is 5.92 Å². The monoisotopic (exact) mass is 504 g/mol. The first kappa shape index (κ1) is 26.6. The zero-order valence-corrected chi connectivity index (χ0v) is 22.5. The third-order valence-corrected chi connectivity index (χ3v) is 9.03. The van der Waals surface area contributed by atoms with Gasteiger partial charge in [0.2, 0.25) is 0 Å². The summed E-state index contributed by atoms with van der Waals surface area (Å²) in [5.74, 6) is 0.234. The van der Waals surface area contributed by atoms with Crippen molar-refractivity contribution in [2.45, 2.75) is 139 Å². The molecule has 6 heteroatoms. The van der Waals surface area contributed by atoms with Crippen molar-refractivity contribution in [3.8, 4) is 0 Å². The zero-order chi connectivity index (χ0) is 25.1. The van der Waals surface area contributed by atoms with Crippen LogP contribution in [0.15, 0.2) is 12.2 Å². The van der Waals surface area contributed by atoms with Gasteiger partial charge in [-0.2, -0.15) is 0 Å². The average Bonchev–Trinajstić information content (AvgIpc) is 3.72. The third kappa shape index (κ3) is 7.12. The summed E-state index contributed by atoms with van der Waals surface area (Å²) in [5, 5.41) is 0. The van der Waals surface area contributed by atoms with Crippen molar-refractivity contribution in [1.29, 1.82) is 0 Å². The van der Waals surface area contributed by atoms with Crippen LogP contribution < -0.4 is 0 Å². The molecule has 0 N–H and O–H groups in total. The van der Waals surface area contributed by atoms with Crippen molar-refractivity contribution in [3.63, 3.8) is 0 Å². The second-order valence-corrected chi connectivity index (χ2v) is 12.7. The van der Waals surface area contributed by atoms with Gasteiger partial charge in [0.1, 0.15) is 5.60 Å². The van der Waals surface area contributed by atoms with Gasteiger partial charge in [0.15, 0.2) is 0 Å². The van der Waals surface area contributed by atoms with Crippen LogP contribution in [-0.2, 0) is 28.5 Å². The van der Waals surface area contributed by atoms with Gasteiger partial charge >= 0.3 is 5.97 Å². The Bertz CT molecular complexity index is 729. The minimum Gasteiger partial charge on any atom is -0.455 e. The number of esters is 1. The predicted octanol–water partition coefficient (Wildman–Crippen LogP) is 6.05. The molecule has 6 fully saturated rings. The molecule has 4 bridgehead atoms. The smallest absolute Gasteiger partial charge is 0.333 e. The first-order valence-corrected chi connectivity index (χ1v) is 14.8. The molecule has 0 aromatic carbocycles. The minimum absolute atomic E-state index is 0.221. The number of unbranched alkanes of at least 4 members (excludes halogenated alkanes) is 6. The second kappa shape index (κ2) is 11.4. The SMILES string of the molecule is C=C(C)C(=O)OC12CC3CC(OCCCCCCC4CO4)(CC(OCCCCCCC4CO4)(C3)C1)C2. The summed E-state index contributed by atoms with van der Waals surface area (Å²) < 4.78 is 30.3. The van der Waals surface area contributed by atoms with Crippen LogP contribution in [0.1, 0.15) is 110 Å². The second-order valence-electron chi connectivity index (χ2n) is 12.7. The lowest BCUT2D eigenvalue weighted by atomic mass is 9.50. The number of carbonyl (C=O) groups is 1. The summed E-state index contributed by atoms with van der Waals surface area (Å²) in [7, 11) is 0. The number of hydrogen-bond acceptors (Lipinski definition) is 6. The minimum atomic E-state index is -0.468. The largest absolute Gasteiger partial charge is 0.455 e. The van der Waals surface area contributed by atoms with E-state index in [-0.39, 0.29) is 17.2 Å². The highest BCUT2D eigenvalue weighted by Gasteiger charge is 2.66. The molecule has 4 saturated carbocycles. The van der Waals surface area contributed by atoms with E-state index in [0.29, 0.717) is 23.7 Å². The van der Waals surface area contributed by atoms with Gasteiger partial charge in [0, 0.05) is 38.0 Å². The standard InChI is InChI=1S/C30H48O6/c1-23(2)27(31)36-30-17-24-15-28(21-30,34-13-9-5-3-7-11-25-18-32-25)20-29(16-24,22-30)35-14-10-6-4-8-12-26-19-33-26/h24-26H,1,3-22H2,2H3. The molecule has 0 spiro atoms. The third-order valence-electron chi connectivity index (χ3n) is 9.03. The first-order chi connectivity index (χ1) is 17.4. The first-order valence-electron chi connectivity index (χ1n) is 14.8. The molecule has 2 aliphatic heterocycles. The van der Waals surface area contributed by atoms with Crippen molar-refractivity contribution in [1.82, 2.24) is 0 Å². The number of ether oxygens (including phenoxy) is 5. The maximum atomic E-state index is 12.6. The fourth-order valence-electron chi connectivity index (χ4n) is 7.60. The van der Waals surface area contributed by atoms with Crippen LogP contribution in [0.2, 0.25) is 0 Å². The fourth-order valence-corrected chi connectivity index (χ4v) is 7.60. The Labute approximate surface area is 217 Å². The zero-order valence-electron chi connectivity index (χ0n) is 22.5. The van der Waals surface area contributed by atoms with Crippen LogP contribution >= 0.6 is 0 Å². The average molecular weight is 505 g/mol. The molecule has 4 unspecified atom stereocenters. The number of epoxide rings is 2. The molecule has 0 aromatic rings. The van der Waals surface area contributed by atoms with Gasteiger partial charge in [0.25, 0.3) is 0 Å². The number of hydrogen-bond donors (Lipinski definition) is 0. The topological polar surface area (TPSA) is 69.8 Å². The highest BCUT2D eigenvalue weighted by Crippen LogP contribution is 2.63. The summed E-state index contributed by atoms with van der Waals surface area (Å²) >= 11 is 0. The Balaban J connectivity index is 1.14. The van der Waals surface area contributed by atoms with Crippen molar-refractivity contribution >= 4 is 5.97 Å². The summed E-state index contributed by atoms with van der Waals surface area (Å²) in [6.45, 7) is 9.08. The highest BCUT2D eigenvalue weighted by atomic mass is 16.6. The molecule has 0 radical (unpaired) electrons. The van der Waals surface area contributed by atoms with Gasteiger partial charge in [-0.25, -0.2) is 4.79 Å². The van der Waals surface area contributed by atoms with Crippen molar-refractivity contribution in [3.05, 3.63) is 12.2 Å². The predicted molar refractivity (Wildman–Crippen MR) is 138 cm³/mol. The van der Waals surface area contributed by atoms with Gasteiger partial charge in [-0.05, 0) is 57.8 Å². The maximum absolute atomic E-state index is 12.6. The van der Waals surface area contributed by atoms with Crippen molar-refractivity contribution in [2.75, 3.05) is 26.4 Å². The molecule has 4 atom stereocenters. The van der Waals surface area contributed by atoms with E-state index in [2.05, 4.69) is 6.58 Å². The molecule has 6 nitrogen and oxygen atoms in total. The molecule has 6 rings (SSSR count). The molecule has 2 heterocycles. The van der Waals surface area contributed by atoms with Gasteiger partial charge < -0.3 is 23.7 Å². The van der Waals surface area contributed by atoms with Crippen LogP contribution in [-0.4, -0.2) is 61.4 Å². The number of carbonyl (C=O) groups excluding carboxylic acids is 1. The summed E-state index contributed by atoms with van der Waals surface area (Å²) in [5.41, 5.74) is -0.435. The van der Waals surface area contributed by atoms with Crippen LogP contribution in [0.25, 0.3) is 0 Å². The summed E-state index contributed by atoms with van der Waals surface area (Å²) in [6.07, 6.45) is 18.8. The Kier molecular flexibility index (Phi) is 8.46.